The number of carbonyl (C=O) groups is 1. The van der Waals surface area contributed by atoms with Crippen LogP contribution in [0.3, 0.4) is 0 Å². The normalized spacial score (nSPS) is 16.8. The molecule has 0 saturated carbocycles. The molecule has 158 valence electrons. The number of anilines is 1. The van der Waals surface area contributed by atoms with Crippen molar-refractivity contribution in [2.24, 2.45) is 0 Å². The molecule has 9 heteroatoms. The Kier molecular flexibility index (Phi) is 5.16. The van der Waals surface area contributed by atoms with Crippen LogP contribution in [0.4, 0.5) is 10.1 Å². The van der Waals surface area contributed by atoms with Crippen LogP contribution in [0.15, 0.2) is 41.1 Å². The third-order valence-electron chi connectivity index (χ3n) is 5.54. The summed E-state index contributed by atoms with van der Waals surface area (Å²) < 4.78 is 22.7. The summed E-state index contributed by atoms with van der Waals surface area (Å²) in [6.45, 7) is 0.629. The van der Waals surface area contributed by atoms with Crippen LogP contribution in [0.25, 0.3) is 21.8 Å². The number of hydrogen-bond donors (Lipinski definition) is 1. The van der Waals surface area contributed by atoms with E-state index in [4.69, 9.17) is 22.1 Å². The van der Waals surface area contributed by atoms with E-state index in [0.29, 0.717) is 27.4 Å². The molecule has 2 N–H and O–H groups in total. The average Bonchev–Trinajstić information content (AvgIpc) is 3.25. The molecule has 4 aromatic rings. The highest BCUT2D eigenvalue weighted by Crippen LogP contribution is 2.36. The summed E-state index contributed by atoms with van der Waals surface area (Å²) in [5.74, 6) is -1.14. The molecule has 1 atom stereocenters. The van der Waals surface area contributed by atoms with Crippen LogP contribution in [0, 0.1) is 5.82 Å². The number of ether oxygens (including phenoxy) is 1. The second-order valence-corrected chi connectivity index (χ2v) is 8.69. The van der Waals surface area contributed by atoms with E-state index in [1.807, 2.05) is 0 Å². The number of nitrogens with zero attached hydrogens (tertiary/aromatic N) is 3. The van der Waals surface area contributed by atoms with Crippen LogP contribution in [-0.2, 0) is 4.74 Å². The number of nitrogens with two attached hydrogens (primary N) is 1. The molecule has 0 spiro atoms. The molecule has 0 aliphatic carbocycles. The number of ketones is 1. The number of fused-ring (bicyclic) bond motifs is 2. The minimum absolute atomic E-state index is 0.127. The van der Waals surface area contributed by atoms with Gasteiger partial charge >= 0.3 is 0 Å². The van der Waals surface area contributed by atoms with E-state index in [1.54, 1.807) is 35.3 Å². The van der Waals surface area contributed by atoms with E-state index in [1.165, 1.54) is 0 Å². The number of pyridine rings is 1. The molecule has 0 bridgehead atoms. The summed E-state index contributed by atoms with van der Waals surface area (Å²) in [6.07, 6.45) is 5.85. The molecule has 1 unspecified atom stereocenters. The van der Waals surface area contributed by atoms with Crippen molar-refractivity contribution in [2.45, 2.75) is 25.5 Å². The molecule has 3 heterocycles. The Labute approximate surface area is 190 Å². The fourth-order valence-electron chi connectivity index (χ4n) is 3.96. The number of carbonyl (C=O) groups excluding carboxylic acids is 1. The summed E-state index contributed by atoms with van der Waals surface area (Å²) >= 11 is 9.65. The van der Waals surface area contributed by atoms with Crippen LogP contribution in [0.5, 0.6) is 0 Å². The number of hydrogen-bond acceptors (Lipinski definition) is 5. The molecular weight excluding hydrogens is 487 g/mol. The molecule has 6 nitrogen and oxygen atoms in total. The van der Waals surface area contributed by atoms with Crippen LogP contribution in [0.2, 0.25) is 5.02 Å². The highest BCUT2D eigenvalue weighted by atomic mass is 79.9. The van der Waals surface area contributed by atoms with Gasteiger partial charge in [-0.25, -0.2) is 9.07 Å². The number of aromatic nitrogens is 3. The van der Waals surface area contributed by atoms with Crippen molar-refractivity contribution in [3.05, 3.63) is 63.1 Å². The Morgan fingerprint density at radius 3 is 2.87 bits per heavy atom. The lowest BCUT2D eigenvalue weighted by atomic mass is 9.97. The highest BCUT2D eigenvalue weighted by molar-refractivity contribution is 9.10. The highest BCUT2D eigenvalue weighted by Gasteiger charge is 2.25. The van der Waals surface area contributed by atoms with Crippen molar-refractivity contribution < 1.29 is 13.9 Å². The Morgan fingerprint density at radius 2 is 2.10 bits per heavy atom. The molecule has 1 saturated heterocycles. The Balaban J connectivity index is 1.69. The molecule has 31 heavy (non-hydrogen) atoms. The quantitative estimate of drug-likeness (QED) is 0.288. The first-order valence-electron chi connectivity index (χ1n) is 9.81. The Morgan fingerprint density at radius 1 is 1.26 bits per heavy atom. The summed E-state index contributed by atoms with van der Waals surface area (Å²) in [4.78, 5) is 17.8. The maximum absolute atomic E-state index is 14.7. The average molecular weight is 504 g/mol. The van der Waals surface area contributed by atoms with Crippen molar-refractivity contribution in [2.75, 3.05) is 12.3 Å². The van der Waals surface area contributed by atoms with Crippen LogP contribution in [0.1, 0.15) is 41.4 Å². The van der Waals surface area contributed by atoms with Gasteiger partial charge in [0.2, 0.25) is 0 Å². The minimum atomic E-state index is -0.715. The summed E-state index contributed by atoms with van der Waals surface area (Å²) in [5.41, 5.74) is 7.85. The predicted octanol–water partition coefficient (Wildman–Crippen LogP) is 5.65. The van der Waals surface area contributed by atoms with Crippen molar-refractivity contribution in [1.29, 1.82) is 0 Å². The second-order valence-electron chi connectivity index (χ2n) is 7.46. The number of rotatable bonds is 3. The first-order chi connectivity index (χ1) is 15.0. The first kappa shape index (κ1) is 20.4. The lowest BCUT2D eigenvalue weighted by Crippen LogP contribution is -2.18. The number of benzene rings is 2. The van der Waals surface area contributed by atoms with Gasteiger partial charge in [-0.3, -0.25) is 9.78 Å². The van der Waals surface area contributed by atoms with E-state index >= 15 is 0 Å². The van der Waals surface area contributed by atoms with Crippen LogP contribution in [-0.4, -0.2) is 27.2 Å². The smallest absolute Gasteiger partial charge is 0.196 e. The van der Waals surface area contributed by atoms with Gasteiger partial charge in [0.05, 0.1) is 11.2 Å². The first-order valence-corrected chi connectivity index (χ1v) is 11.0. The standard InChI is InChI=1S/C22H17BrClFN4O2/c23-15-8-13(19(26)11-4-3-6-27-20(11)15)22(30)12-9-16(25)18(24)21-14(12)10-29(28-21)17-5-1-2-7-31-17/h3-4,6,8-10,17H,1-2,5,7,26H2. The van der Waals surface area contributed by atoms with Crippen molar-refractivity contribution in [1.82, 2.24) is 14.8 Å². The fourth-order valence-corrected chi connectivity index (χ4v) is 4.70. The van der Waals surface area contributed by atoms with Gasteiger partial charge in [0, 0.05) is 45.4 Å². The van der Waals surface area contributed by atoms with Crippen LogP contribution >= 0.6 is 27.5 Å². The SMILES string of the molecule is Nc1c(C(=O)c2cc(F)c(Cl)c3nn(C4CCCCO4)cc23)cc(Br)c2ncccc12. The van der Waals surface area contributed by atoms with E-state index < -0.39 is 11.6 Å². The molecule has 5 rings (SSSR count). The molecule has 0 amide bonds. The number of nitrogen functional groups attached to an aromatic ring is 1. The summed E-state index contributed by atoms with van der Waals surface area (Å²) in [6, 6.07) is 6.28. The van der Waals surface area contributed by atoms with Gasteiger partial charge in [-0.05, 0) is 59.5 Å². The second kappa shape index (κ2) is 7.85. The zero-order chi connectivity index (χ0) is 21.7. The molecule has 2 aromatic heterocycles. The zero-order valence-corrected chi connectivity index (χ0v) is 18.6. The van der Waals surface area contributed by atoms with Gasteiger partial charge in [-0.2, -0.15) is 5.10 Å². The maximum Gasteiger partial charge on any atom is 0.196 e. The van der Waals surface area contributed by atoms with Gasteiger partial charge in [0.1, 0.15) is 22.6 Å². The molecule has 1 fully saturated rings. The largest absolute Gasteiger partial charge is 0.398 e. The molecule has 0 radical (unpaired) electrons. The van der Waals surface area contributed by atoms with Gasteiger partial charge in [0.15, 0.2) is 5.78 Å². The molecular formula is C22H17BrClFN4O2. The lowest BCUT2D eigenvalue weighted by molar-refractivity contribution is -0.0390. The number of halogens is 3. The van der Waals surface area contributed by atoms with Gasteiger partial charge < -0.3 is 10.5 Å². The van der Waals surface area contributed by atoms with Gasteiger partial charge in [-0.1, -0.05) is 11.6 Å². The summed E-state index contributed by atoms with van der Waals surface area (Å²) in [5, 5.41) is 5.40. The predicted molar refractivity (Wildman–Crippen MR) is 121 cm³/mol. The van der Waals surface area contributed by atoms with E-state index in [0.717, 1.165) is 25.3 Å². The van der Waals surface area contributed by atoms with E-state index in [-0.39, 0.29) is 33.6 Å². The topological polar surface area (TPSA) is 83.0 Å². The van der Waals surface area contributed by atoms with E-state index in [9.17, 15) is 9.18 Å². The minimum Gasteiger partial charge on any atom is -0.398 e. The van der Waals surface area contributed by atoms with Crippen molar-refractivity contribution in [3.8, 4) is 0 Å². The lowest BCUT2D eigenvalue weighted by Gasteiger charge is -2.22. The monoisotopic (exact) mass is 502 g/mol. The van der Waals surface area contributed by atoms with E-state index in [2.05, 4.69) is 26.0 Å². The third-order valence-corrected chi connectivity index (χ3v) is 6.50. The molecule has 2 aromatic carbocycles. The third kappa shape index (κ3) is 3.39. The summed E-state index contributed by atoms with van der Waals surface area (Å²) in [7, 11) is 0. The Bertz CT molecular complexity index is 1350. The zero-order valence-electron chi connectivity index (χ0n) is 16.2. The molecule has 1 aliphatic heterocycles. The van der Waals surface area contributed by atoms with Crippen LogP contribution < -0.4 is 5.73 Å². The van der Waals surface area contributed by atoms with Crippen molar-refractivity contribution in [3.63, 3.8) is 0 Å². The van der Waals surface area contributed by atoms with Gasteiger partial charge in [0.25, 0.3) is 0 Å². The molecule has 1 aliphatic rings. The van der Waals surface area contributed by atoms with Crippen molar-refractivity contribution >= 4 is 60.8 Å². The van der Waals surface area contributed by atoms with Gasteiger partial charge in [-0.15, -0.1) is 0 Å². The fraction of sp³-hybridized carbons (Fsp3) is 0.227. The Hall–Kier alpha value is -2.55. The maximum atomic E-state index is 14.7.